The van der Waals surface area contributed by atoms with Gasteiger partial charge in [-0.25, -0.2) is 0 Å². The molecule has 0 saturated carbocycles. The van der Waals surface area contributed by atoms with Crippen molar-refractivity contribution in [3.05, 3.63) is 29.8 Å². The average Bonchev–Trinajstić information content (AvgIpc) is 2.48. The van der Waals surface area contributed by atoms with E-state index >= 15 is 0 Å². The van der Waals surface area contributed by atoms with Crippen LogP contribution in [0.4, 0.5) is 5.69 Å². The first-order chi connectivity index (χ1) is 10.2. The topological polar surface area (TPSA) is 53.6 Å². The Labute approximate surface area is 126 Å². The minimum atomic E-state index is 0.00882. The van der Waals surface area contributed by atoms with Crippen LogP contribution in [0.25, 0.3) is 0 Å². The molecule has 0 bridgehead atoms. The Hall–Kier alpha value is -1.43. The van der Waals surface area contributed by atoms with E-state index in [9.17, 15) is 4.79 Å². The van der Waals surface area contributed by atoms with E-state index in [0.717, 1.165) is 38.3 Å². The molecule has 5 nitrogen and oxygen atoms in total. The predicted molar refractivity (Wildman–Crippen MR) is 84.6 cm³/mol. The third-order valence-corrected chi connectivity index (χ3v) is 3.55. The van der Waals surface area contributed by atoms with Crippen LogP contribution in [0.2, 0.25) is 0 Å². The number of aryl methyl sites for hydroxylation is 1. The van der Waals surface area contributed by atoms with E-state index in [1.165, 1.54) is 5.56 Å². The summed E-state index contributed by atoms with van der Waals surface area (Å²) in [5, 5.41) is 6.24. The highest BCUT2D eigenvalue weighted by Gasteiger charge is 2.16. The van der Waals surface area contributed by atoms with Gasteiger partial charge in [-0.1, -0.05) is 19.1 Å². The van der Waals surface area contributed by atoms with Gasteiger partial charge in [-0.3, -0.25) is 9.69 Å². The lowest BCUT2D eigenvalue weighted by Gasteiger charge is -2.27. The van der Waals surface area contributed by atoms with Crippen molar-refractivity contribution in [3.63, 3.8) is 0 Å². The van der Waals surface area contributed by atoms with Crippen LogP contribution >= 0.6 is 0 Å². The van der Waals surface area contributed by atoms with Crippen molar-refractivity contribution in [2.75, 3.05) is 45.2 Å². The molecule has 1 aromatic carbocycles. The van der Waals surface area contributed by atoms with Gasteiger partial charge in [0.25, 0.3) is 0 Å². The molecule has 1 aliphatic rings. The highest BCUT2D eigenvalue weighted by molar-refractivity contribution is 5.92. The monoisotopic (exact) mass is 291 g/mol. The number of hydrogen-bond acceptors (Lipinski definition) is 4. The maximum atomic E-state index is 12.1. The van der Waals surface area contributed by atoms with Crippen molar-refractivity contribution >= 4 is 11.6 Å². The largest absolute Gasteiger partial charge is 0.374 e. The molecule has 1 heterocycles. The minimum absolute atomic E-state index is 0.00882. The minimum Gasteiger partial charge on any atom is -0.374 e. The second kappa shape index (κ2) is 8.12. The van der Waals surface area contributed by atoms with Gasteiger partial charge in [-0.05, 0) is 31.2 Å². The van der Waals surface area contributed by atoms with E-state index in [4.69, 9.17) is 4.74 Å². The fourth-order valence-electron chi connectivity index (χ4n) is 2.46. The van der Waals surface area contributed by atoms with E-state index in [1.54, 1.807) is 0 Å². The summed E-state index contributed by atoms with van der Waals surface area (Å²) in [5.41, 5.74) is 2.09. The molecule has 1 atom stereocenters. The fourth-order valence-corrected chi connectivity index (χ4v) is 2.46. The van der Waals surface area contributed by atoms with E-state index < -0.39 is 0 Å². The number of amides is 1. The highest BCUT2D eigenvalue weighted by Crippen LogP contribution is 2.11. The van der Waals surface area contributed by atoms with Gasteiger partial charge in [0, 0.05) is 25.3 Å². The van der Waals surface area contributed by atoms with Crippen LogP contribution in [0.5, 0.6) is 0 Å². The first-order valence-electron chi connectivity index (χ1n) is 7.57. The lowest BCUT2D eigenvalue weighted by Crippen LogP contribution is -2.45. The Morgan fingerprint density at radius 1 is 1.52 bits per heavy atom. The summed E-state index contributed by atoms with van der Waals surface area (Å²) in [5.74, 6) is 0.00882. The molecule has 1 saturated heterocycles. The van der Waals surface area contributed by atoms with Crippen molar-refractivity contribution in [3.8, 4) is 0 Å². The average molecular weight is 291 g/mol. The molecule has 0 radical (unpaired) electrons. The second-order valence-electron chi connectivity index (χ2n) is 5.50. The van der Waals surface area contributed by atoms with Crippen molar-refractivity contribution in [2.45, 2.75) is 19.4 Å². The van der Waals surface area contributed by atoms with Crippen molar-refractivity contribution in [1.29, 1.82) is 0 Å². The van der Waals surface area contributed by atoms with Crippen LogP contribution in [0.3, 0.4) is 0 Å². The standard InChI is InChI=1S/C16H25N3O2/c1-3-13-5-4-6-14(9-13)18-16(20)12-19(2)11-15-10-17-7-8-21-15/h4-6,9,15,17H,3,7-8,10-12H2,1-2H3,(H,18,20). The number of hydrogen-bond donors (Lipinski definition) is 2. The molecule has 5 heteroatoms. The zero-order valence-electron chi connectivity index (χ0n) is 12.9. The zero-order chi connectivity index (χ0) is 15.1. The number of nitrogens with zero attached hydrogens (tertiary/aromatic N) is 1. The molecule has 2 rings (SSSR count). The SMILES string of the molecule is CCc1cccc(NC(=O)CN(C)CC2CNCCO2)c1. The molecule has 2 N–H and O–H groups in total. The third-order valence-electron chi connectivity index (χ3n) is 3.55. The number of morpholine rings is 1. The van der Waals surface area contributed by atoms with Crippen LogP contribution in [0.15, 0.2) is 24.3 Å². The van der Waals surface area contributed by atoms with Crippen molar-refractivity contribution < 1.29 is 9.53 Å². The molecule has 116 valence electrons. The van der Waals surface area contributed by atoms with E-state index in [-0.39, 0.29) is 12.0 Å². The Balaban J connectivity index is 1.77. The van der Waals surface area contributed by atoms with E-state index in [2.05, 4.69) is 23.6 Å². The fraction of sp³-hybridized carbons (Fsp3) is 0.562. The second-order valence-corrected chi connectivity index (χ2v) is 5.50. The smallest absolute Gasteiger partial charge is 0.238 e. The van der Waals surface area contributed by atoms with Crippen LogP contribution in [0.1, 0.15) is 12.5 Å². The molecule has 0 spiro atoms. The van der Waals surface area contributed by atoms with Crippen molar-refractivity contribution in [2.24, 2.45) is 0 Å². The molecule has 1 fully saturated rings. The molecule has 1 aromatic rings. The zero-order valence-corrected chi connectivity index (χ0v) is 12.9. The van der Waals surface area contributed by atoms with E-state index in [0.29, 0.717) is 6.54 Å². The Morgan fingerprint density at radius 3 is 3.10 bits per heavy atom. The summed E-state index contributed by atoms with van der Waals surface area (Å²) in [6.45, 7) is 5.74. The number of rotatable bonds is 6. The molecular formula is C16H25N3O2. The molecular weight excluding hydrogens is 266 g/mol. The van der Waals surface area contributed by atoms with Crippen LogP contribution in [-0.4, -0.2) is 56.7 Å². The van der Waals surface area contributed by atoms with Gasteiger partial charge in [0.1, 0.15) is 0 Å². The Bertz CT molecular complexity index is 459. The molecule has 21 heavy (non-hydrogen) atoms. The van der Waals surface area contributed by atoms with Gasteiger partial charge in [-0.15, -0.1) is 0 Å². The number of carbonyl (C=O) groups is 1. The number of benzene rings is 1. The van der Waals surface area contributed by atoms with Gasteiger partial charge in [0.2, 0.25) is 5.91 Å². The predicted octanol–water partition coefficient (Wildman–Crippen LogP) is 1.11. The quantitative estimate of drug-likeness (QED) is 0.824. The summed E-state index contributed by atoms with van der Waals surface area (Å²) < 4.78 is 5.64. The third kappa shape index (κ3) is 5.46. The molecule has 0 aliphatic carbocycles. The first kappa shape index (κ1) is 15.9. The first-order valence-corrected chi connectivity index (χ1v) is 7.57. The van der Waals surface area contributed by atoms with E-state index in [1.807, 2.05) is 30.1 Å². The van der Waals surface area contributed by atoms with Crippen molar-refractivity contribution in [1.82, 2.24) is 10.2 Å². The van der Waals surface area contributed by atoms with Crippen LogP contribution in [0, 0.1) is 0 Å². The summed E-state index contributed by atoms with van der Waals surface area (Å²) in [6, 6.07) is 7.98. The van der Waals surface area contributed by atoms with Gasteiger partial charge >= 0.3 is 0 Å². The number of anilines is 1. The number of likely N-dealkylation sites (N-methyl/N-ethyl adjacent to an activating group) is 1. The Kier molecular flexibility index (Phi) is 6.17. The maximum absolute atomic E-state index is 12.1. The van der Waals surface area contributed by atoms with Crippen LogP contribution < -0.4 is 10.6 Å². The molecule has 0 aromatic heterocycles. The maximum Gasteiger partial charge on any atom is 0.238 e. The number of ether oxygens (including phenoxy) is 1. The lowest BCUT2D eigenvalue weighted by molar-refractivity contribution is -0.117. The van der Waals surface area contributed by atoms with Gasteiger partial charge in [0.15, 0.2) is 0 Å². The summed E-state index contributed by atoms with van der Waals surface area (Å²) >= 11 is 0. The van der Waals surface area contributed by atoms with Gasteiger partial charge in [-0.2, -0.15) is 0 Å². The normalized spacial score (nSPS) is 18.7. The van der Waals surface area contributed by atoms with Gasteiger partial charge in [0.05, 0.1) is 19.3 Å². The Morgan fingerprint density at radius 2 is 2.38 bits per heavy atom. The summed E-state index contributed by atoms with van der Waals surface area (Å²) in [4.78, 5) is 14.1. The number of nitrogens with one attached hydrogen (secondary N) is 2. The lowest BCUT2D eigenvalue weighted by atomic mass is 10.1. The van der Waals surface area contributed by atoms with Gasteiger partial charge < -0.3 is 15.4 Å². The summed E-state index contributed by atoms with van der Waals surface area (Å²) in [6.07, 6.45) is 1.13. The molecule has 1 unspecified atom stereocenters. The summed E-state index contributed by atoms with van der Waals surface area (Å²) in [7, 11) is 1.94. The highest BCUT2D eigenvalue weighted by atomic mass is 16.5. The molecule has 1 aliphatic heterocycles. The number of carbonyl (C=O) groups excluding carboxylic acids is 1. The van der Waals surface area contributed by atoms with Crippen LogP contribution in [-0.2, 0) is 16.0 Å². The molecule has 1 amide bonds.